The summed E-state index contributed by atoms with van der Waals surface area (Å²) in [6, 6.07) is 5.63. The van der Waals surface area contributed by atoms with E-state index in [1.54, 1.807) is 6.07 Å². The Morgan fingerprint density at radius 3 is 2.72 bits per heavy atom. The van der Waals surface area contributed by atoms with E-state index < -0.39 is 35.2 Å². The summed E-state index contributed by atoms with van der Waals surface area (Å²) < 4.78 is 24.6. The molecule has 0 aliphatic heterocycles. The number of benzene rings is 1. The maximum Gasteiger partial charge on any atom is 0.237 e. The van der Waals surface area contributed by atoms with Gasteiger partial charge in [-0.25, -0.2) is 4.39 Å². The maximum atomic E-state index is 13.2. The molecule has 1 aromatic carbocycles. The lowest BCUT2D eigenvalue weighted by atomic mass is 10.3. The van der Waals surface area contributed by atoms with E-state index in [9.17, 15) is 13.4 Å². The standard InChI is InChI=1S/C11H14FNO4S/c12-9-3-1-2-4-10(9)13-11(16)7-18(17)6-8(15)5-14/h1-4,8,14-15H,5-7H2,(H,13,16). The number of amides is 1. The van der Waals surface area contributed by atoms with Crippen molar-refractivity contribution in [1.29, 1.82) is 0 Å². The molecule has 0 radical (unpaired) electrons. The molecule has 18 heavy (non-hydrogen) atoms. The number of nitrogens with one attached hydrogen (secondary N) is 1. The number of anilines is 1. The summed E-state index contributed by atoms with van der Waals surface area (Å²) in [6.45, 7) is -0.513. The number of hydrogen-bond acceptors (Lipinski definition) is 4. The fourth-order valence-electron chi connectivity index (χ4n) is 1.22. The van der Waals surface area contributed by atoms with E-state index in [1.807, 2.05) is 0 Å². The van der Waals surface area contributed by atoms with Crippen LogP contribution in [0.5, 0.6) is 0 Å². The van der Waals surface area contributed by atoms with Gasteiger partial charge < -0.3 is 15.5 Å². The maximum absolute atomic E-state index is 13.2. The zero-order valence-corrected chi connectivity index (χ0v) is 10.3. The Labute approximate surface area is 106 Å². The van der Waals surface area contributed by atoms with Crippen LogP contribution in [-0.4, -0.2) is 44.5 Å². The summed E-state index contributed by atoms with van der Waals surface area (Å²) in [7, 11) is -1.60. The lowest BCUT2D eigenvalue weighted by Gasteiger charge is -2.08. The highest BCUT2D eigenvalue weighted by atomic mass is 32.2. The number of aliphatic hydroxyl groups is 2. The fourth-order valence-corrected chi connectivity index (χ4v) is 2.24. The molecule has 3 N–H and O–H groups in total. The Bertz CT molecular complexity index is 441. The van der Waals surface area contributed by atoms with Crippen LogP contribution in [0.15, 0.2) is 24.3 Å². The Hall–Kier alpha value is -1.31. The Morgan fingerprint density at radius 1 is 1.44 bits per heavy atom. The van der Waals surface area contributed by atoms with Crippen LogP contribution in [0.4, 0.5) is 10.1 Å². The topological polar surface area (TPSA) is 86.6 Å². The SMILES string of the molecule is O=C(CS(=O)CC(O)CO)Nc1ccccc1F. The fraction of sp³-hybridized carbons (Fsp3) is 0.364. The van der Waals surface area contributed by atoms with Crippen molar-refractivity contribution in [1.82, 2.24) is 0 Å². The molecule has 0 saturated carbocycles. The van der Waals surface area contributed by atoms with Crippen LogP contribution < -0.4 is 5.32 Å². The molecular formula is C11H14FNO4S. The van der Waals surface area contributed by atoms with Gasteiger partial charge in [-0.1, -0.05) is 12.1 Å². The number of halogens is 1. The summed E-state index contributed by atoms with van der Waals surface area (Å²) >= 11 is 0. The third-order valence-electron chi connectivity index (χ3n) is 2.03. The highest BCUT2D eigenvalue weighted by Gasteiger charge is 2.13. The molecule has 0 bridgehead atoms. The molecule has 0 heterocycles. The highest BCUT2D eigenvalue weighted by Crippen LogP contribution is 2.12. The van der Waals surface area contributed by atoms with E-state index in [0.717, 1.165) is 0 Å². The van der Waals surface area contributed by atoms with Crippen LogP contribution >= 0.6 is 0 Å². The summed E-state index contributed by atoms with van der Waals surface area (Å²) in [5, 5.41) is 19.9. The van der Waals surface area contributed by atoms with Crippen molar-refractivity contribution in [3.63, 3.8) is 0 Å². The number of aliphatic hydroxyl groups excluding tert-OH is 2. The van der Waals surface area contributed by atoms with Crippen LogP contribution in [0.3, 0.4) is 0 Å². The lowest BCUT2D eigenvalue weighted by Crippen LogP contribution is -2.27. The second-order valence-electron chi connectivity index (χ2n) is 3.62. The molecule has 0 saturated heterocycles. The first-order chi connectivity index (χ1) is 8.52. The minimum Gasteiger partial charge on any atom is -0.394 e. The minimum atomic E-state index is -1.60. The Balaban J connectivity index is 2.47. The molecule has 0 spiro atoms. The van der Waals surface area contributed by atoms with E-state index in [4.69, 9.17) is 10.2 Å². The van der Waals surface area contributed by atoms with E-state index >= 15 is 0 Å². The van der Waals surface area contributed by atoms with Gasteiger partial charge in [0.25, 0.3) is 0 Å². The molecule has 100 valence electrons. The van der Waals surface area contributed by atoms with Gasteiger partial charge >= 0.3 is 0 Å². The van der Waals surface area contributed by atoms with Crippen LogP contribution in [-0.2, 0) is 15.6 Å². The third kappa shape index (κ3) is 4.91. The predicted molar refractivity (Wildman–Crippen MR) is 66.0 cm³/mol. The van der Waals surface area contributed by atoms with Crippen molar-refractivity contribution in [2.24, 2.45) is 0 Å². The monoisotopic (exact) mass is 275 g/mol. The van der Waals surface area contributed by atoms with Gasteiger partial charge in [-0.3, -0.25) is 9.00 Å². The molecule has 7 heteroatoms. The molecule has 1 rings (SSSR count). The first-order valence-electron chi connectivity index (χ1n) is 5.21. The first kappa shape index (κ1) is 14.7. The largest absolute Gasteiger partial charge is 0.394 e. The number of para-hydroxylation sites is 1. The lowest BCUT2D eigenvalue weighted by molar-refractivity contribution is -0.113. The molecule has 5 nitrogen and oxygen atoms in total. The van der Waals surface area contributed by atoms with E-state index in [1.165, 1.54) is 18.2 Å². The van der Waals surface area contributed by atoms with E-state index in [2.05, 4.69) is 5.32 Å². The van der Waals surface area contributed by atoms with Crippen LogP contribution in [0.2, 0.25) is 0 Å². The molecule has 1 amide bonds. The van der Waals surface area contributed by atoms with E-state index in [-0.39, 0.29) is 17.2 Å². The molecule has 0 aromatic heterocycles. The number of carbonyl (C=O) groups excluding carboxylic acids is 1. The van der Waals surface area contributed by atoms with Crippen LogP contribution in [0, 0.1) is 5.82 Å². The van der Waals surface area contributed by atoms with Gasteiger partial charge in [0.2, 0.25) is 5.91 Å². The molecule has 2 unspecified atom stereocenters. The van der Waals surface area contributed by atoms with Gasteiger partial charge in [0.15, 0.2) is 0 Å². The highest BCUT2D eigenvalue weighted by molar-refractivity contribution is 7.85. The zero-order valence-electron chi connectivity index (χ0n) is 9.51. The minimum absolute atomic E-state index is 0.0159. The van der Waals surface area contributed by atoms with Crippen molar-refractivity contribution in [3.05, 3.63) is 30.1 Å². The van der Waals surface area contributed by atoms with Crippen molar-refractivity contribution in [2.75, 3.05) is 23.4 Å². The predicted octanol–water partition coefficient (Wildman–Crippen LogP) is -0.134. The molecule has 2 atom stereocenters. The molecule has 1 aromatic rings. The second kappa shape index (κ2) is 7.20. The molecule has 0 aliphatic carbocycles. The first-order valence-corrected chi connectivity index (χ1v) is 6.70. The number of rotatable bonds is 6. The Kier molecular flexibility index (Phi) is 5.90. The van der Waals surface area contributed by atoms with Crippen molar-refractivity contribution >= 4 is 22.4 Å². The third-order valence-corrected chi connectivity index (χ3v) is 3.37. The number of carbonyl (C=O) groups is 1. The molecular weight excluding hydrogens is 261 g/mol. The van der Waals surface area contributed by atoms with Crippen LogP contribution in [0.25, 0.3) is 0 Å². The van der Waals surface area contributed by atoms with Crippen molar-refractivity contribution in [3.8, 4) is 0 Å². The van der Waals surface area contributed by atoms with E-state index in [0.29, 0.717) is 0 Å². The van der Waals surface area contributed by atoms with Gasteiger partial charge in [0.1, 0.15) is 11.6 Å². The molecule has 0 aliphatic rings. The Morgan fingerprint density at radius 2 is 2.11 bits per heavy atom. The summed E-state index contributed by atoms with van der Waals surface area (Å²) in [5.41, 5.74) is 0.0159. The van der Waals surface area contributed by atoms with Crippen molar-refractivity contribution < 1.29 is 23.6 Å². The summed E-state index contributed by atoms with van der Waals surface area (Å²) in [6.07, 6.45) is -1.12. The van der Waals surface area contributed by atoms with Crippen LogP contribution in [0.1, 0.15) is 0 Å². The quantitative estimate of drug-likeness (QED) is 0.675. The number of hydrogen-bond donors (Lipinski definition) is 3. The van der Waals surface area contributed by atoms with Gasteiger partial charge in [-0.2, -0.15) is 0 Å². The summed E-state index contributed by atoms with van der Waals surface area (Å²) in [4.78, 5) is 11.4. The zero-order chi connectivity index (χ0) is 13.5. The van der Waals surface area contributed by atoms with Gasteiger partial charge in [0, 0.05) is 10.8 Å². The average Bonchev–Trinajstić information content (AvgIpc) is 2.31. The van der Waals surface area contributed by atoms with Gasteiger partial charge in [0.05, 0.1) is 24.2 Å². The smallest absolute Gasteiger partial charge is 0.237 e. The average molecular weight is 275 g/mol. The van der Waals surface area contributed by atoms with Gasteiger partial charge in [-0.15, -0.1) is 0 Å². The van der Waals surface area contributed by atoms with Crippen molar-refractivity contribution in [2.45, 2.75) is 6.10 Å². The molecule has 0 fully saturated rings. The normalized spacial score (nSPS) is 13.9. The summed E-state index contributed by atoms with van der Waals surface area (Å²) in [5.74, 6) is -1.73. The second-order valence-corrected chi connectivity index (χ2v) is 5.12. The van der Waals surface area contributed by atoms with Gasteiger partial charge in [-0.05, 0) is 12.1 Å².